The Hall–Kier alpha value is -3.34. The van der Waals surface area contributed by atoms with E-state index >= 15 is 0 Å². The first-order valence-corrected chi connectivity index (χ1v) is 13.6. The highest BCUT2D eigenvalue weighted by atomic mass is 16.6. The third-order valence-electron chi connectivity index (χ3n) is 7.17. The zero-order chi connectivity index (χ0) is 26.0. The van der Waals surface area contributed by atoms with E-state index < -0.39 is 0 Å². The van der Waals surface area contributed by atoms with Gasteiger partial charge in [0.15, 0.2) is 0 Å². The topological polar surface area (TPSA) is 61.8 Å². The summed E-state index contributed by atoms with van der Waals surface area (Å²) in [6.07, 6.45) is 11.7. The number of hydrogen-bond acceptors (Lipinski definition) is 5. The Kier molecular flexibility index (Phi) is 9.58. The molecule has 2 saturated heterocycles. The van der Waals surface area contributed by atoms with E-state index in [1.807, 2.05) is 24.3 Å². The molecule has 0 aliphatic carbocycles. The van der Waals surface area contributed by atoms with Crippen LogP contribution in [-0.2, 0) is 19.1 Å². The molecular formula is C32H38O5. The van der Waals surface area contributed by atoms with Gasteiger partial charge in [-0.15, -0.1) is 0 Å². The van der Waals surface area contributed by atoms with Crippen molar-refractivity contribution in [3.8, 4) is 16.9 Å². The second kappa shape index (κ2) is 13.3. The molecule has 2 unspecified atom stereocenters. The van der Waals surface area contributed by atoms with Crippen LogP contribution in [0.1, 0.15) is 82.3 Å². The van der Waals surface area contributed by atoms with Gasteiger partial charge in [0, 0.05) is 24.0 Å². The molecule has 2 aliphatic rings. The van der Waals surface area contributed by atoms with Crippen LogP contribution in [0, 0.1) is 0 Å². The van der Waals surface area contributed by atoms with Crippen LogP contribution in [0.5, 0.6) is 5.75 Å². The van der Waals surface area contributed by atoms with Gasteiger partial charge in [-0.25, -0.2) is 9.59 Å². The SMILES string of the molecule is C=C1CC(CCCCCCCCCCOc2ccc(-c3ccc(C4CC(=C)C(=O)O4)cc3)cc2)OC1=O. The van der Waals surface area contributed by atoms with Gasteiger partial charge in [0.05, 0.1) is 6.61 Å². The summed E-state index contributed by atoms with van der Waals surface area (Å²) < 4.78 is 16.6. The third kappa shape index (κ3) is 7.82. The lowest BCUT2D eigenvalue weighted by Gasteiger charge is -2.11. The van der Waals surface area contributed by atoms with Crippen LogP contribution in [0.15, 0.2) is 72.8 Å². The van der Waals surface area contributed by atoms with E-state index in [-0.39, 0.29) is 24.1 Å². The zero-order valence-electron chi connectivity index (χ0n) is 21.7. The molecule has 0 bridgehead atoms. The van der Waals surface area contributed by atoms with Crippen molar-refractivity contribution in [2.24, 2.45) is 0 Å². The Morgan fingerprint density at radius 1 is 0.676 bits per heavy atom. The predicted octanol–water partition coefficient (Wildman–Crippen LogP) is 7.66. The molecule has 5 nitrogen and oxygen atoms in total. The van der Waals surface area contributed by atoms with E-state index in [1.54, 1.807) is 0 Å². The van der Waals surface area contributed by atoms with Crippen LogP contribution in [0.4, 0.5) is 0 Å². The molecule has 0 aromatic heterocycles. The van der Waals surface area contributed by atoms with E-state index in [1.165, 1.54) is 38.5 Å². The lowest BCUT2D eigenvalue weighted by atomic mass is 10.00. The summed E-state index contributed by atoms with van der Waals surface area (Å²) in [7, 11) is 0. The Balaban J connectivity index is 1.04. The summed E-state index contributed by atoms with van der Waals surface area (Å²) in [5.41, 5.74) is 4.40. The minimum absolute atomic E-state index is 0.0649. The first-order chi connectivity index (χ1) is 18.0. The maximum Gasteiger partial charge on any atom is 0.334 e. The monoisotopic (exact) mass is 502 g/mol. The molecule has 4 rings (SSSR count). The van der Waals surface area contributed by atoms with Crippen molar-refractivity contribution >= 4 is 11.9 Å². The first kappa shape index (κ1) is 26.7. The Morgan fingerprint density at radius 3 is 1.78 bits per heavy atom. The van der Waals surface area contributed by atoms with Crippen molar-refractivity contribution in [1.29, 1.82) is 0 Å². The fraction of sp³-hybridized carbons (Fsp3) is 0.438. The number of unbranched alkanes of at least 4 members (excludes halogenated alkanes) is 7. The molecule has 2 fully saturated rings. The molecule has 0 radical (unpaired) electrons. The maximum absolute atomic E-state index is 11.6. The lowest BCUT2D eigenvalue weighted by Crippen LogP contribution is -2.06. The molecule has 0 N–H and O–H groups in total. The zero-order valence-corrected chi connectivity index (χ0v) is 21.7. The number of benzene rings is 2. The lowest BCUT2D eigenvalue weighted by molar-refractivity contribution is -0.140. The standard InChI is InChI=1S/C32H38O5/c1-23-21-29(36-31(23)33)11-9-7-5-3-4-6-8-10-20-35-28-18-16-26(17-19-28)25-12-14-27(15-13-25)30-22-24(2)32(34)37-30/h12-19,29-30H,1-11,20-22H2. The Bertz CT molecular complexity index is 1050. The summed E-state index contributed by atoms with van der Waals surface area (Å²) in [5.74, 6) is 0.388. The molecule has 0 spiro atoms. The van der Waals surface area contributed by atoms with Crippen LogP contribution >= 0.6 is 0 Å². The average molecular weight is 503 g/mol. The largest absolute Gasteiger partial charge is 0.494 e. The van der Waals surface area contributed by atoms with Crippen molar-refractivity contribution in [2.45, 2.75) is 82.8 Å². The van der Waals surface area contributed by atoms with E-state index in [0.29, 0.717) is 24.0 Å². The number of cyclic esters (lactones) is 2. The highest BCUT2D eigenvalue weighted by Crippen LogP contribution is 2.33. The summed E-state index contributed by atoms with van der Waals surface area (Å²) >= 11 is 0. The second-order valence-electron chi connectivity index (χ2n) is 10.1. The second-order valence-corrected chi connectivity index (χ2v) is 10.1. The van der Waals surface area contributed by atoms with Crippen LogP contribution in [0.3, 0.4) is 0 Å². The Labute approximate surface area is 220 Å². The summed E-state index contributed by atoms with van der Waals surface area (Å²) in [5, 5.41) is 0. The van der Waals surface area contributed by atoms with Gasteiger partial charge in [-0.2, -0.15) is 0 Å². The number of esters is 2. The van der Waals surface area contributed by atoms with Gasteiger partial charge < -0.3 is 14.2 Å². The van der Waals surface area contributed by atoms with Gasteiger partial charge in [-0.05, 0) is 48.1 Å². The molecule has 2 aromatic rings. The quantitative estimate of drug-likeness (QED) is 0.151. The highest BCUT2D eigenvalue weighted by Gasteiger charge is 2.28. The maximum atomic E-state index is 11.6. The van der Waals surface area contributed by atoms with Crippen molar-refractivity contribution in [3.63, 3.8) is 0 Å². The molecule has 0 amide bonds. The highest BCUT2D eigenvalue weighted by molar-refractivity contribution is 5.90. The van der Waals surface area contributed by atoms with Crippen LogP contribution in [-0.4, -0.2) is 24.6 Å². The minimum Gasteiger partial charge on any atom is -0.494 e. The molecule has 196 valence electrons. The van der Waals surface area contributed by atoms with Gasteiger partial charge in [0.25, 0.3) is 0 Å². The van der Waals surface area contributed by atoms with Gasteiger partial charge in [-0.1, -0.05) is 88.1 Å². The van der Waals surface area contributed by atoms with E-state index in [2.05, 4.69) is 37.4 Å². The molecule has 2 aromatic carbocycles. The normalized spacial score (nSPS) is 19.2. The molecule has 0 saturated carbocycles. The van der Waals surface area contributed by atoms with Crippen molar-refractivity contribution in [3.05, 3.63) is 78.4 Å². The smallest absolute Gasteiger partial charge is 0.334 e. The number of carbonyl (C=O) groups excluding carboxylic acids is 2. The van der Waals surface area contributed by atoms with Crippen LogP contribution in [0.25, 0.3) is 11.1 Å². The molecule has 2 atom stereocenters. The average Bonchev–Trinajstić information content (AvgIpc) is 3.42. The van der Waals surface area contributed by atoms with Crippen LogP contribution < -0.4 is 4.74 Å². The van der Waals surface area contributed by atoms with Crippen molar-refractivity contribution in [2.75, 3.05) is 6.61 Å². The fourth-order valence-electron chi connectivity index (χ4n) is 4.90. The summed E-state index contributed by atoms with van der Waals surface area (Å²) in [4.78, 5) is 22.9. The first-order valence-electron chi connectivity index (χ1n) is 13.6. The number of carbonyl (C=O) groups is 2. The molecule has 2 heterocycles. The minimum atomic E-state index is -0.297. The van der Waals surface area contributed by atoms with Crippen molar-refractivity contribution < 1.29 is 23.8 Å². The third-order valence-corrected chi connectivity index (χ3v) is 7.17. The molecule has 2 aliphatic heterocycles. The molecule has 37 heavy (non-hydrogen) atoms. The van der Waals surface area contributed by atoms with Crippen LogP contribution in [0.2, 0.25) is 0 Å². The number of hydrogen-bond donors (Lipinski definition) is 0. The van der Waals surface area contributed by atoms with Gasteiger partial charge >= 0.3 is 11.9 Å². The van der Waals surface area contributed by atoms with E-state index in [0.717, 1.165) is 48.3 Å². The molecular weight excluding hydrogens is 464 g/mol. The van der Waals surface area contributed by atoms with Gasteiger partial charge in [0.2, 0.25) is 0 Å². The Morgan fingerprint density at radius 2 is 1.22 bits per heavy atom. The fourth-order valence-corrected chi connectivity index (χ4v) is 4.90. The predicted molar refractivity (Wildman–Crippen MR) is 145 cm³/mol. The molecule has 5 heteroatoms. The van der Waals surface area contributed by atoms with Crippen molar-refractivity contribution in [1.82, 2.24) is 0 Å². The summed E-state index contributed by atoms with van der Waals surface area (Å²) in [6.45, 7) is 8.23. The van der Waals surface area contributed by atoms with E-state index in [4.69, 9.17) is 14.2 Å². The van der Waals surface area contributed by atoms with Gasteiger partial charge in [0.1, 0.15) is 18.0 Å². The number of ether oxygens (including phenoxy) is 3. The number of rotatable bonds is 14. The summed E-state index contributed by atoms with van der Waals surface area (Å²) in [6, 6.07) is 16.4. The van der Waals surface area contributed by atoms with E-state index in [9.17, 15) is 9.59 Å². The van der Waals surface area contributed by atoms with Gasteiger partial charge in [-0.3, -0.25) is 0 Å².